The van der Waals surface area contributed by atoms with Crippen molar-refractivity contribution in [2.45, 2.75) is 43.0 Å². The van der Waals surface area contributed by atoms with Gasteiger partial charge in [0.15, 0.2) is 0 Å². The Balaban J connectivity index is 1.89. The predicted octanol–water partition coefficient (Wildman–Crippen LogP) is 2.07. The molecule has 0 radical (unpaired) electrons. The van der Waals surface area contributed by atoms with Crippen molar-refractivity contribution in [3.8, 4) is 0 Å². The van der Waals surface area contributed by atoms with E-state index in [0.717, 1.165) is 25.7 Å². The molecule has 0 spiro atoms. The summed E-state index contributed by atoms with van der Waals surface area (Å²) in [4.78, 5) is 11.8. The van der Waals surface area contributed by atoms with Crippen molar-refractivity contribution in [2.24, 2.45) is 0 Å². The highest BCUT2D eigenvalue weighted by atomic mass is 35.5. The Morgan fingerprint density at radius 2 is 1.86 bits per heavy atom. The summed E-state index contributed by atoms with van der Waals surface area (Å²) in [6, 6.07) is 6.30. The topological polar surface area (TPSA) is 75.3 Å². The normalized spacial score (nSPS) is 16.6. The molecule has 1 aromatic carbocycles. The van der Waals surface area contributed by atoms with E-state index in [4.69, 9.17) is 11.6 Å². The van der Waals surface area contributed by atoms with Crippen molar-refractivity contribution < 1.29 is 13.2 Å². The van der Waals surface area contributed by atoms with E-state index in [1.54, 1.807) is 12.1 Å². The molecule has 116 valence electrons. The first kappa shape index (κ1) is 16.3. The van der Waals surface area contributed by atoms with E-state index < -0.39 is 10.0 Å². The van der Waals surface area contributed by atoms with Crippen molar-refractivity contribution in [3.05, 3.63) is 29.3 Å². The lowest BCUT2D eigenvalue weighted by Gasteiger charge is -2.22. The Bertz CT molecular complexity index is 598. The minimum atomic E-state index is -3.77. The molecular formula is C14H19ClN2O3S. The fourth-order valence-electron chi connectivity index (χ4n) is 2.43. The number of benzene rings is 1. The van der Waals surface area contributed by atoms with Crippen LogP contribution in [0.3, 0.4) is 0 Å². The van der Waals surface area contributed by atoms with Crippen molar-refractivity contribution in [3.63, 3.8) is 0 Å². The van der Waals surface area contributed by atoms with Gasteiger partial charge < -0.3 is 5.32 Å². The Kier molecular flexibility index (Phi) is 5.61. The second kappa shape index (κ2) is 7.24. The first-order valence-corrected chi connectivity index (χ1v) is 8.89. The Labute approximate surface area is 130 Å². The molecule has 21 heavy (non-hydrogen) atoms. The van der Waals surface area contributed by atoms with Crippen LogP contribution in [0.4, 0.5) is 0 Å². The van der Waals surface area contributed by atoms with Gasteiger partial charge in [0, 0.05) is 6.04 Å². The molecule has 0 aliphatic heterocycles. The van der Waals surface area contributed by atoms with Gasteiger partial charge in [0.2, 0.25) is 15.9 Å². The summed E-state index contributed by atoms with van der Waals surface area (Å²) in [6.07, 6.45) is 5.34. The number of carbonyl (C=O) groups excluding carboxylic acids is 1. The zero-order valence-corrected chi connectivity index (χ0v) is 13.2. The monoisotopic (exact) mass is 330 g/mol. The van der Waals surface area contributed by atoms with Crippen molar-refractivity contribution in [1.29, 1.82) is 0 Å². The van der Waals surface area contributed by atoms with E-state index in [2.05, 4.69) is 10.0 Å². The maximum atomic E-state index is 12.1. The van der Waals surface area contributed by atoms with Crippen LogP contribution in [0.15, 0.2) is 29.2 Å². The number of sulfonamides is 1. The average molecular weight is 331 g/mol. The molecule has 1 aromatic rings. The van der Waals surface area contributed by atoms with Crippen molar-refractivity contribution >= 4 is 27.5 Å². The molecule has 0 heterocycles. The molecule has 0 unspecified atom stereocenters. The van der Waals surface area contributed by atoms with Gasteiger partial charge in [-0.2, -0.15) is 0 Å². The quantitative estimate of drug-likeness (QED) is 0.867. The number of halogens is 1. The molecule has 1 fully saturated rings. The van der Waals surface area contributed by atoms with Crippen LogP contribution in [-0.4, -0.2) is 26.9 Å². The second-order valence-electron chi connectivity index (χ2n) is 5.16. The molecule has 0 atom stereocenters. The summed E-state index contributed by atoms with van der Waals surface area (Å²) in [5.74, 6) is -0.308. The molecule has 5 nitrogen and oxygen atoms in total. The number of rotatable bonds is 5. The van der Waals surface area contributed by atoms with Gasteiger partial charge in [-0.1, -0.05) is 43.0 Å². The summed E-state index contributed by atoms with van der Waals surface area (Å²) in [5.41, 5.74) is 0. The molecule has 7 heteroatoms. The van der Waals surface area contributed by atoms with Crippen molar-refractivity contribution in [2.75, 3.05) is 6.54 Å². The smallest absolute Gasteiger partial charge is 0.242 e. The lowest BCUT2D eigenvalue weighted by molar-refractivity contribution is -0.120. The standard InChI is InChI=1S/C14H19ClN2O3S/c15-12-8-4-5-9-13(12)21(19,20)16-10-14(18)17-11-6-2-1-3-7-11/h4-5,8-9,11,16H,1-3,6-7,10H2,(H,17,18). The van der Waals surface area contributed by atoms with Gasteiger partial charge in [0.1, 0.15) is 4.90 Å². The Hall–Kier alpha value is -1.11. The zero-order chi connectivity index (χ0) is 15.3. The lowest BCUT2D eigenvalue weighted by atomic mass is 9.95. The molecule has 1 aliphatic carbocycles. The van der Waals surface area contributed by atoms with Crippen LogP contribution in [0.25, 0.3) is 0 Å². The first-order valence-electron chi connectivity index (χ1n) is 7.02. The van der Waals surface area contributed by atoms with Crippen LogP contribution in [0, 0.1) is 0 Å². The summed E-state index contributed by atoms with van der Waals surface area (Å²) in [6.45, 7) is -0.274. The minimum absolute atomic E-state index is 0.0165. The molecule has 0 saturated heterocycles. The summed E-state index contributed by atoms with van der Waals surface area (Å²) >= 11 is 5.86. The molecular weight excluding hydrogens is 312 g/mol. The van der Waals surface area contributed by atoms with E-state index in [1.165, 1.54) is 18.6 Å². The van der Waals surface area contributed by atoms with Gasteiger partial charge in [-0.3, -0.25) is 4.79 Å². The first-order chi connectivity index (χ1) is 9.99. The Morgan fingerprint density at radius 3 is 2.52 bits per heavy atom. The third-order valence-electron chi connectivity index (χ3n) is 3.52. The second-order valence-corrected chi connectivity index (χ2v) is 7.30. The number of nitrogens with one attached hydrogen (secondary N) is 2. The largest absolute Gasteiger partial charge is 0.352 e. The van der Waals surface area contributed by atoms with Gasteiger partial charge in [0.25, 0.3) is 0 Å². The van der Waals surface area contributed by atoms with Crippen LogP contribution >= 0.6 is 11.6 Å². The highest BCUT2D eigenvalue weighted by Gasteiger charge is 2.20. The molecule has 2 N–H and O–H groups in total. The predicted molar refractivity (Wildman–Crippen MR) is 81.7 cm³/mol. The minimum Gasteiger partial charge on any atom is -0.352 e. The van der Waals surface area contributed by atoms with Gasteiger partial charge in [-0.15, -0.1) is 0 Å². The third kappa shape index (κ3) is 4.69. The molecule has 0 bridgehead atoms. The van der Waals surface area contributed by atoms with Gasteiger partial charge in [-0.05, 0) is 25.0 Å². The maximum Gasteiger partial charge on any atom is 0.242 e. The van der Waals surface area contributed by atoms with E-state index >= 15 is 0 Å². The van der Waals surface area contributed by atoms with Crippen LogP contribution in [0.5, 0.6) is 0 Å². The highest BCUT2D eigenvalue weighted by Crippen LogP contribution is 2.20. The molecule has 1 aliphatic rings. The highest BCUT2D eigenvalue weighted by molar-refractivity contribution is 7.89. The summed E-state index contributed by atoms with van der Waals surface area (Å²) in [5, 5.41) is 3.00. The van der Waals surface area contributed by atoms with Crippen LogP contribution in [0.2, 0.25) is 5.02 Å². The number of hydrogen-bond acceptors (Lipinski definition) is 3. The third-order valence-corrected chi connectivity index (χ3v) is 5.42. The number of amides is 1. The van der Waals surface area contributed by atoms with Gasteiger partial charge >= 0.3 is 0 Å². The molecule has 2 rings (SSSR count). The summed E-state index contributed by atoms with van der Waals surface area (Å²) < 4.78 is 26.4. The molecule has 1 saturated carbocycles. The van der Waals surface area contributed by atoms with Crippen LogP contribution in [-0.2, 0) is 14.8 Å². The Morgan fingerprint density at radius 1 is 1.19 bits per heavy atom. The maximum absolute atomic E-state index is 12.1. The van der Waals surface area contributed by atoms with E-state index in [-0.39, 0.29) is 28.4 Å². The molecule has 0 aromatic heterocycles. The fourth-order valence-corrected chi connectivity index (χ4v) is 3.93. The SMILES string of the molecule is O=C(CNS(=O)(=O)c1ccccc1Cl)NC1CCCCC1. The van der Waals surface area contributed by atoms with E-state index in [0.29, 0.717) is 0 Å². The van der Waals surface area contributed by atoms with Crippen LogP contribution in [0.1, 0.15) is 32.1 Å². The van der Waals surface area contributed by atoms with E-state index in [9.17, 15) is 13.2 Å². The number of carbonyl (C=O) groups is 1. The van der Waals surface area contributed by atoms with Crippen LogP contribution < -0.4 is 10.0 Å². The van der Waals surface area contributed by atoms with Gasteiger partial charge in [-0.25, -0.2) is 13.1 Å². The number of hydrogen-bond donors (Lipinski definition) is 2. The average Bonchev–Trinajstić information content (AvgIpc) is 2.47. The van der Waals surface area contributed by atoms with E-state index in [1.807, 2.05) is 0 Å². The zero-order valence-electron chi connectivity index (χ0n) is 11.6. The lowest BCUT2D eigenvalue weighted by Crippen LogP contribution is -2.42. The fraction of sp³-hybridized carbons (Fsp3) is 0.500. The van der Waals surface area contributed by atoms with Gasteiger partial charge in [0.05, 0.1) is 11.6 Å². The summed E-state index contributed by atoms with van der Waals surface area (Å²) in [7, 11) is -3.77. The van der Waals surface area contributed by atoms with Crippen molar-refractivity contribution in [1.82, 2.24) is 10.0 Å². The molecule has 1 amide bonds.